The number of aromatic nitrogens is 2. The van der Waals surface area contributed by atoms with Gasteiger partial charge in [0.15, 0.2) is 5.82 Å². The highest BCUT2D eigenvalue weighted by molar-refractivity contribution is 7.22. The van der Waals surface area contributed by atoms with Gasteiger partial charge in [0, 0.05) is 10.1 Å². The van der Waals surface area contributed by atoms with Crippen LogP contribution >= 0.6 is 11.3 Å². The van der Waals surface area contributed by atoms with Crippen LogP contribution in [0.5, 0.6) is 0 Å². The van der Waals surface area contributed by atoms with Gasteiger partial charge in [0.25, 0.3) is 5.89 Å². The maximum atomic E-state index is 14.0. The van der Waals surface area contributed by atoms with Crippen molar-refractivity contribution in [2.24, 2.45) is 5.73 Å². The second-order valence-corrected chi connectivity index (χ2v) is 7.01. The third-order valence-electron chi connectivity index (χ3n) is 4.46. The molecule has 6 heteroatoms. The van der Waals surface area contributed by atoms with Crippen molar-refractivity contribution < 1.29 is 8.91 Å². The van der Waals surface area contributed by atoms with Crippen LogP contribution in [0, 0.1) is 12.7 Å². The highest BCUT2D eigenvalue weighted by atomic mass is 32.1. The van der Waals surface area contributed by atoms with Gasteiger partial charge in [-0.15, -0.1) is 11.3 Å². The molecule has 1 aliphatic rings. The molecule has 2 N–H and O–H groups in total. The maximum absolute atomic E-state index is 14.0. The molecule has 22 heavy (non-hydrogen) atoms. The second-order valence-electron chi connectivity index (χ2n) is 5.96. The van der Waals surface area contributed by atoms with E-state index in [1.165, 1.54) is 17.4 Å². The Kier molecular flexibility index (Phi) is 3.06. The molecule has 1 aliphatic carbocycles. The van der Waals surface area contributed by atoms with Crippen molar-refractivity contribution in [3.63, 3.8) is 0 Å². The molecule has 2 heterocycles. The molecule has 2 aromatic heterocycles. The van der Waals surface area contributed by atoms with Crippen LogP contribution in [-0.2, 0) is 5.54 Å². The van der Waals surface area contributed by atoms with Crippen LogP contribution in [0.3, 0.4) is 0 Å². The lowest BCUT2D eigenvalue weighted by Crippen LogP contribution is -2.34. The Bertz CT molecular complexity index is 848. The summed E-state index contributed by atoms with van der Waals surface area (Å²) in [4.78, 5) is 5.33. The molecular weight excluding hydrogens is 301 g/mol. The Morgan fingerprint density at radius 3 is 2.82 bits per heavy atom. The van der Waals surface area contributed by atoms with E-state index in [-0.39, 0.29) is 5.82 Å². The fraction of sp³-hybridized carbons (Fsp3) is 0.375. The quantitative estimate of drug-likeness (QED) is 0.772. The number of aryl methyl sites for hydroxylation is 1. The summed E-state index contributed by atoms with van der Waals surface area (Å²) < 4.78 is 20.3. The predicted molar refractivity (Wildman–Crippen MR) is 84.1 cm³/mol. The highest BCUT2D eigenvalue weighted by Gasteiger charge is 2.36. The molecule has 1 aromatic carbocycles. The third kappa shape index (κ3) is 1.98. The smallest absolute Gasteiger partial charge is 0.268 e. The maximum Gasteiger partial charge on any atom is 0.268 e. The molecule has 0 aliphatic heterocycles. The van der Waals surface area contributed by atoms with E-state index >= 15 is 0 Å². The molecule has 114 valence electrons. The topological polar surface area (TPSA) is 64.9 Å². The van der Waals surface area contributed by atoms with Gasteiger partial charge in [0.1, 0.15) is 5.82 Å². The van der Waals surface area contributed by atoms with E-state index in [1.54, 1.807) is 6.07 Å². The summed E-state index contributed by atoms with van der Waals surface area (Å²) in [5, 5.41) is 4.71. The summed E-state index contributed by atoms with van der Waals surface area (Å²) in [5.41, 5.74) is 6.73. The van der Waals surface area contributed by atoms with Crippen molar-refractivity contribution in [3.05, 3.63) is 35.4 Å². The largest absolute Gasteiger partial charge is 0.333 e. The summed E-state index contributed by atoms with van der Waals surface area (Å²) in [6.07, 6.45) is 3.94. The van der Waals surface area contributed by atoms with Crippen LogP contribution in [0.4, 0.5) is 4.39 Å². The summed E-state index contributed by atoms with van der Waals surface area (Å²) >= 11 is 1.47. The van der Waals surface area contributed by atoms with E-state index in [1.807, 2.05) is 13.0 Å². The number of fused-ring (bicyclic) bond motifs is 1. The molecule has 0 radical (unpaired) electrons. The van der Waals surface area contributed by atoms with Crippen molar-refractivity contribution in [2.75, 3.05) is 0 Å². The van der Waals surface area contributed by atoms with Crippen LogP contribution in [0.2, 0.25) is 0 Å². The highest BCUT2D eigenvalue weighted by Crippen LogP contribution is 2.40. The van der Waals surface area contributed by atoms with E-state index in [9.17, 15) is 4.39 Å². The van der Waals surface area contributed by atoms with Gasteiger partial charge >= 0.3 is 0 Å². The molecule has 0 bridgehead atoms. The van der Waals surface area contributed by atoms with E-state index in [4.69, 9.17) is 10.3 Å². The summed E-state index contributed by atoms with van der Waals surface area (Å²) in [5.74, 6) is 0.783. The third-order valence-corrected chi connectivity index (χ3v) is 5.71. The molecule has 0 atom stereocenters. The minimum Gasteiger partial charge on any atom is -0.333 e. The standard InChI is InChI=1S/C16H16FN3OS/c1-9-12-10(17)5-4-6-11(12)22-13(9)14-19-15(20-21-14)16(18)7-2-3-8-16/h4-6H,2-3,7-8,18H2,1H3. The molecule has 0 spiro atoms. The minimum atomic E-state index is -0.475. The van der Waals surface area contributed by atoms with Gasteiger partial charge in [-0.25, -0.2) is 4.39 Å². The van der Waals surface area contributed by atoms with Crippen LogP contribution in [0.25, 0.3) is 20.9 Å². The average Bonchev–Trinajstić information content (AvgIpc) is 3.19. The number of nitrogens with zero attached hydrogens (tertiary/aromatic N) is 2. The lowest BCUT2D eigenvalue weighted by atomic mass is 9.99. The second kappa shape index (κ2) is 4.86. The first kappa shape index (κ1) is 13.8. The first-order valence-electron chi connectivity index (χ1n) is 7.39. The number of benzene rings is 1. The van der Waals surface area contributed by atoms with Gasteiger partial charge in [-0.3, -0.25) is 0 Å². The Morgan fingerprint density at radius 1 is 1.32 bits per heavy atom. The molecule has 1 fully saturated rings. The van der Waals surface area contributed by atoms with Gasteiger partial charge in [-0.1, -0.05) is 24.1 Å². The number of nitrogens with two attached hydrogens (primary N) is 1. The molecule has 0 saturated heterocycles. The molecule has 4 nitrogen and oxygen atoms in total. The Morgan fingerprint density at radius 2 is 2.09 bits per heavy atom. The Hall–Kier alpha value is -1.79. The van der Waals surface area contributed by atoms with Gasteiger partial charge in [-0.2, -0.15) is 4.98 Å². The summed E-state index contributed by atoms with van der Waals surface area (Å²) in [7, 11) is 0. The van der Waals surface area contributed by atoms with E-state index in [2.05, 4.69) is 10.1 Å². The number of rotatable bonds is 2. The molecule has 1 saturated carbocycles. The molecular formula is C16H16FN3OS. The van der Waals surface area contributed by atoms with Gasteiger partial charge < -0.3 is 10.3 Å². The summed E-state index contributed by atoms with van der Waals surface area (Å²) in [6, 6.07) is 5.08. The zero-order valence-corrected chi connectivity index (χ0v) is 13.0. The van der Waals surface area contributed by atoms with Crippen molar-refractivity contribution in [2.45, 2.75) is 38.1 Å². The fourth-order valence-electron chi connectivity index (χ4n) is 3.20. The normalized spacial score (nSPS) is 17.4. The number of halogens is 1. The summed E-state index contributed by atoms with van der Waals surface area (Å²) in [6.45, 7) is 1.88. The van der Waals surface area contributed by atoms with E-state index in [0.29, 0.717) is 17.1 Å². The van der Waals surface area contributed by atoms with Crippen molar-refractivity contribution in [1.29, 1.82) is 0 Å². The molecule has 0 amide bonds. The van der Waals surface area contributed by atoms with Crippen LogP contribution in [-0.4, -0.2) is 10.1 Å². The van der Waals surface area contributed by atoms with Crippen molar-refractivity contribution >= 4 is 21.4 Å². The molecule has 3 aromatic rings. The van der Waals surface area contributed by atoms with Crippen LogP contribution in [0.1, 0.15) is 37.1 Å². The molecule has 4 rings (SSSR count). The Balaban J connectivity index is 1.81. The zero-order chi connectivity index (χ0) is 15.3. The SMILES string of the molecule is Cc1c(-c2nc(C3(N)CCCC3)no2)sc2cccc(F)c12. The first-order valence-corrected chi connectivity index (χ1v) is 8.21. The van der Waals surface area contributed by atoms with Gasteiger partial charge in [0.2, 0.25) is 0 Å². The van der Waals surface area contributed by atoms with E-state index < -0.39 is 5.54 Å². The number of hydrogen-bond acceptors (Lipinski definition) is 5. The average molecular weight is 317 g/mol. The number of thiophene rings is 1. The lowest BCUT2D eigenvalue weighted by molar-refractivity contribution is 0.373. The van der Waals surface area contributed by atoms with Gasteiger partial charge in [0.05, 0.1) is 10.4 Å². The first-order chi connectivity index (χ1) is 10.6. The van der Waals surface area contributed by atoms with Crippen LogP contribution in [0.15, 0.2) is 22.7 Å². The molecule has 0 unspecified atom stereocenters. The zero-order valence-electron chi connectivity index (χ0n) is 12.2. The predicted octanol–water partition coefficient (Wildman–Crippen LogP) is 4.13. The van der Waals surface area contributed by atoms with Crippen molar-refractivity contribution in [1.82, 2.24) is 10.1 Å². The minimum absolute atomic E-state index is 0.219. The van der Waals surface area contributed by atoms with Crippen LogP contribution < -0.4 is 5.73 Å². The fourth-order valence-corrected chi connectivity index (χ4v) is 4.35. The lowest BCUT2D eigenvalue weighted by Gasteiger charge is -2.17. The van der Waals surface area contributed by atoms with Crippen molar-refractivity contribution in [3.8, 4) is 10.8 Å². The monoisotopic (exact) mass is 317 g/mol. The van der Waals surface area contributed by atoms with E-state index in [0.717, 1.165) is 40.8 Å². The Labute approximate surface area is 131 Å². The van der Waals surface area contributed by atoms with Gasteiger partial charge in [-0.05, 0) is 37.5 Å². The number of hydrogen-bond donors (Lipinski definition) is 1.